The molecule has 0 unspecified atom stereocenters. The number of benzene rings is 2. The predicted octanol–water partition coefficient (Wildman–Crippen LogP) is 8.10. The maximum absolute atomic E-state index is 2.65. The Morgan fingerprint density at radius 2 is 1.00 bits per heavy atom. The van der Waals surface area contributed by atoms with Crippen molar-refractivity contribution in [3.05, 3.63) is 70.8 Å². The van der Waals surface area contributed by atoms with Gasteiger partial charge in [0, 0.05) is 24.3 Å². The van der Waals surface area contributed by atoms with E-state index in [0.29, 0.717) is 21.9 Å². The minimum Gasteiger partial charge on any atom is -0.0660 e. The Kier molecular flexibility index (Phi) is 4.40. The molecule has 2 heterocycles. The van der Waals surface area contributed by atoms with Crippen molar-refractivity contribution in [2.24, 2.45) is 0 Å². The molecular weight excluding hydrogens is 371 g/mol. The van der Waals surface area contributed by atoms with E-state index in [0.717, 1.165) is 5.28 Å². The standard InChI is InChI=1S/C26H38PSi/c1-25(2,3)27(26(4,5)6)23-20-16-12-10-14-18(20)22(24(27)28(7,8)9)19-15-11-13-17-21(19)23/h10-17,22-24H,1-9H3/q+1/t22?,23?,24-/m0/s1. The van der Waals surface area contributed by atoms with Crippen LogP contribution >= 0.6 is 7.26 Å². The van der Waals surface area contributed by atoms with Gasteiger partial charge in [0.2, 0.25) is 0 Å². The van der Waals surface area contributed by atoms with Gasteiger partial charge in [-0.2, -0.15) is 0 Å². The molecule has 0 saturated carbocycles. The number of hydrogen-bond donors (Lipinski definition) is 0. The van der Waals surface area contributed by atoms with Crippen LogP contribution in [0.25, 0.3) is 0 Å². The molecule has 2 heteroatoms. The zero-order valence-electron chi connectivity index (χ0n) is 19.3. The van der Waals surface area contributed by atoms with Crippen LogP contribution in [0, 0.1) is 0 Å². The molecule has 0 aromatic heterocycles. The molecule has 28 heavy (non-hydrogen) atoms. The van der Waals surface area contributed by atoms with Crippen LogP contribution in [-0.2, 0) is 0 Å². The second kappa shape index (κ2) is 6.05. The van der Waals surface area contributed by atoms with Crippen LogP contribution < -0.4 is 0 Å². The van der Waals surface area contributed by atoms with Crippen LogP contribution in [0.1, 0.15) is 75.4 Å². The maximum atomic E-state index is 2.65. The van der Waals surface area contributed by atoms with Crippen molar-refractivity contribution in [1.82, 2.24) is 0 Å². The van der Waals surface area contributed by atoms with Gasteiger partial charge >= 0.3 is 0 Å². The van der Waals surface area contributed by atoms with Gasteiger partial charge in [-0.15, -0.1) is 0 Å². The summed E-state index contributed by atoms with van der Waals surface area (Å²) in [6.45, 7) is 23.4. The molecule has 0 spiro atoms. The molecule has 0 amide bonds. The second-order valence-corrected chi connectivity index (χ2v) is 23.2. The van der Waals surface area contributed by atoms with E-state index in [-0.39, 0.29) is 0 Å². The molecule has 150 valence electrons. The van der Waals surface area contributed by atoms with Crippen LogP contribution in [-0.4, -0.2) is 23.7 Å². The lowest BCUT2D eigenvalue weighted by atomic mass is 9.78. The molecule has 3 aliphatic rings. The monoisotopic (exact) mass is 409 g/mol. The van der Waals surface area contributed by atoms with Crippen molar-refractivity contribution in [1.29, 1.82) is 0 Å². The Hall–Kier alpha value is -0.913. The zero-order valence-corrected chi connectivity index (χ0v) is 21.2. The number of hydrogen-bond acceptors (Lipinski definition) is 0. The van der Waals surface area contributed by atoms with E-state index >= 15 is 0 Å². The van der Waals surface area contributed by atoms with E-state index in [9.17, 15) is 0 Å². The fourth-order valence-electron chi connectivity index (χ4n) is 7.32. The van der Waals surface area contributed by atoms with Crippen molar-refractivity contribution in [3.8, 4) is 0 Å². The van der Waals surface area contributed by atoms with Gasteiger partial charge < -0.3 is 0 Å². The molecule has 2 aromatic rings. The fraction of sp³-hybridized carbons (Fsp3) is 0.538. The Bertz CT molecular complexity index is 846. The van der Waals surface area contributed by atoms with Crippen LogP contribution in [0.15, 0.2) is 48.5 Å². The minimum absolute atomic E-state index is 0.320. The van der Waals surface area contributed by atoms with Crippen molar-refractivity contribution < 1.29 is 0 Å². The maximum Gasteiger partial charge on any atom is 0.121 e. The molecular formula is C26H38PSi+. The van der Waals surface area contributed by atoms with Gasteiger partial charge in [-0.05, 0) is 52.7 Å². The largest absolute Gasteiger partial charge is 0.121 e. The van der Waals surface area contributed by atoms with Gasteiger partial charge in [-0.3, -0.25) is 0 Å². The lowest BCUT2D eigenvalue weighted by Crippen LogP contribution is -2.58. The highest BCUT2D eigenvalue weighted by Gasteiger charge is 2.75. The van der Waals surface area contributed by atoms with E-state index in [1.807, 2.05) is 0 Å². The average Bonchev–Trinajstić information content (AvgIpc) is 2.58. The molecule has 2 aromatic carbocycles. The molecule has 1 atom stereocenters. The van der Waals surface area contributed by atoms with E-state index in [1.54, 1.807) is 22.3 Å². The third kappa shape index (κ3) is 2.45. The summed E-state index contributed by atoms with van der Waals surface area (Å²) in [5, 5.41) is 1.47. The second-order valence-electron chi connectivity index (χ2n) is 12.1. The first-order chi connectivity index (χ1) is 12.8. The predicted molar refractivity (Wildman–Crippen MR) is 130 cm³/mol. The molecule has 0 radical (unpaired) electrons. The van der Waals surface area contributed by atoms with Crippen LogP contribution in [0.2, 0.25) is 19.6 Å². The minimum atomic E-state index is -1.45. The summed E-state index contributed by atoms with van der Waals surface area (Å²) in [4.78, 5) is 0. The average molecular weight is 410 g/mol. The highest BCUT2D eigenvalue weighted by Crippen LogP contribution is 2.93. The van der Waals surface area contributed by atoms with Crippen molar-refractivity contribution in [3.63, 3.8) is 0 Å². The number of fused-ring (bicyclic) bond motifs is 1. The molecule has 0 N–H and O–H groups in total. The van der Waals surface area contributed by atoms with Crippen molar-refractivity contribution in [2.75, 3.05) is 0 Å². The molecule has 2 bridgehead atoms. The summed E-state index contributed by atoms with van der Waals surface area (Å²) in [5.41, 5.74) is 7.17. The lowest BCUT2D eigenvalue weighted by molar-refractivity contribution is 0.612. The summed E-state index contributed by atoms with van der Waals surface area (Å²) in [5.74, 6) is 0.579. The van der Waals surface area contributed by atoms with Gasteiger partial charge in [0.15, 0.2) is 0 Å². The smallest absolute Gasteiger partial charge is 0.0660 e. The summed E-state index contributed by atoms with van der Waals surface area (Å²) >= 11 is 0. The van der Waals surface area contributed by atoms with E-state index < -0.39 is 15.3 Å². The molecule has 2 aliphatic heterocycles. The van der Waals surface area contributed by atoms with Crippen LogP contribution in [0.5, 0.6) is 0 Å². The summed E-state index contributed by atoms with van der Waals surface area (Å²) in [6, 6.07) is 19.0. The van der Waals surface area contributed by atoms with Crippen LogP contribution in [0.3, 0.4) is 0 Å². The third-order valence-corrected chi connectivity index (χ3v) is 20.2. The first kappa shape index (κ1) is 20.4. The first-order valence-corrected chi connectivity index (χ1v) is 16.4. The lowest BCUT2D eigenvalue weighted by Gasteiger charge is -2.65. The molecule has 5 rings (SSSR count). The quantitative estimate of drug-likeness (QED) is 0.330. The normalized spacial score (nSPS) is 26.0. The van der Waals surface area contributed by atoms with Gasteiger partial charge in [0.05, 0.1) is 23.7 Å². The van der Waals surface area contributed by atoms with Gasteiger partial charge in [0.25, 0.3) is 0 Å². The highest BCUT2D eigenvalue weighted by molar-refractivity contribution is 7.82. The molecule has 0 fully saturated rings. The summed E-state index contributed by atoms with van der Waals surface area (Å²) in [6.07, 6.45) is 0. The molecule has 0 nitrogen and oxygen atoms in total. The van der Waals surface area contributed by atoms with E-state index in [1.165, 1.54) is 0 Å². The van der Waals surface area contributed by atoms with Gasteiger partial charge in [0.1, 0.15) is 5.66 Å². The molecule has 0 saturated heterocycles. The van der Waals surface area contributed by atoms with Crippen molar-refractivity contribution >= 4 is 15.3 Å². The highest BCUT2D eigenvalue weighted by atomic mass is 31.2. The van der Waals surface area contributed by atoms with E-state index in [2.05, 4.69) is 110 Å². The van der Waals surface area contributed by atoms with Gasteiger partial charge in [-0.1, -0.05) is 68.2 Å². The Morgan fingerprint density at radius 1 is 0.643 bits per heavy atom. The third-order valence-electron chi connectivity index (χ3n) is 7.52. The Balaban J connectivity index is 2.22. The Labute approximate surface area is 174 Å². The van der Waals surface area contributed by atoms with Crippen molar-refractivity contribution in [2.45, 2.75) is 88.4 Å². The SMILES string of the molecule is CC(C)(C)[P+]1(C(C)(C)C)C2c3ccccc3C(c3ccccc32)[C@@H]1[Si](C)(C)C. The fourth-order valence-corrected chi connectivity index (χ4v) is 24.0. The first-order valence-electron chi connectivity index (χ1n) is 10.9. The summed E-state index contributed by atoms with van der Waals surface area (Å²) < 4.78 is 0. The van der Waals surface area contributed by atoms with Crippen LogP contribution in [0.4, 0.5) is 0 Å². The Morgan fingerprint density at radius 3 is 1.32 bits per heavy atom. The van der Waals surface area contributed by atoms with Gasteiger partial charge in [-0.25, -0.2) is 0 Å². The number of rotatable bonds is 1. The summed E-state index contributed by atoms with van der Waals surface area (Å²) in [7, 11) is -2.91. The molecule has 1 aliphatic carbocycles. The topological polar surface area (TPSA) is 0 Å². The van der Waals surface area contributed by atoms with E-state index in [4.69, 9.17) is 0 Å². The zero-order chi connectivity index (χ0) is 20.7.